The van der Waals surface area contributed by atoms with Crippen molar-refractivity contribution in [3.63, 3.8) is 0 Å². The fraction of sp³-hybridized carbons (Fsp3) is 0.231. The molecule has 1 heterocycles. The van der Waals surface area contributed by atoms with Crippen LogP contribution in [0.4, 0.5) is 14.6 Å². The van der Waals surface area contributed by atoms with Gasteiger partial charge in [-0.1, -0.05) is 11.8 Å². The smallest absolute Gasteiger partial charge is 0.157 e. The second-order valence-corrected chi connectivity index (χ2v) is 4.92. The Hall–Kier alpha value is -1.73. The average Bonchev–Trinajstić information content (AvgIpc) is 2.40. The molecule has 4 nitrogen and oxygen atoms in total. The van der Waals surface area contributed by atoms with Crippen molar-refractivity contribution in [1.29, 1.82) is 0 Å². The van der Waals surface area contributed by atoms with E-state index >= 15 is 0 Å². The zero-order valence-electron chi connectivity index (χ0n) is 10.8. The van der Waals surface area contributed by atoms with Gasteiger partial charge < -0.3 is 10.5 Å². The number of hydrogen-bond donors (Lipinski definition) is 1. The minimum atomic E-state index is -0.514. The third-order valence-corrected chi connectivity index (χ3v) is 3.26. The lowest BCUT2D eigenvalue weighted by molar-refractivity contribution is 0.128. The third-order valence-electron chi connectivity index (χ3n) is 2.31. The van der Waals surface area contributed by atoms with E-state index in [-0.39, 0.29) is 17.3 Å². The number of nitrogen functional groups attached to an aromatic ring is 1. The Kier molecular flexibility index (Phi) is 4.86. The van der Waals surface area contributed by atoms with Gasteiger partial charge in [-0.25, -0.2) is 18.7 Å². The van der Waals surface area contributed by atoms with Crippen LogP contribution in [0, 0.1) is 11.6 Å². The number of nitrogens with zero attached hydrogens (tertiary/aromatic N) is 2. The zero-order chi connectivity index (χ0) is 14.5. The van der Waals surface area contributed by atoms with Crippen molar-refractivity contribution in [2.75, 3.05) is 12.3 Å². The first-order valence-electron chi connectivity index (χ1n) is 5.92. The van der Waals surface area contributed by atoms with Crippen LogP contribution in [0.5, 0.6) is 0 Å². The van der Waals surface area contributed by atoms with Crippen molar-refractivity contribution < 1.29 is 13.5 Å². The van der Waals surface area contributed by atoms with E-state index in [0.717, 1.165) is 30.0 Å². The van der Waals surface area contributed by atoms with Crippen LogP contribution >= 0.6 is 11.8 Å². The van der Waals surface area contributed by atoms with Gasteiger partial charge in [-0.15, -0.1) is 0 Å². The van der Waals surface area contributed by atoms with Gasteiger partial charge in [0, 0.05) is 12.7 Å². The molecule has 0 aliphatic heterocycles. The summed E-state index contributed by atoms with van der Waals surface area (Å²) >= 11 is 0.989. The highest BCUT2D eigenvalue weighted by atomic mass is 32.2. The summed E-state index contributed by atoms with van der Waals surface area (Å²) in [6.45, 7) is 2.60. The molecule has 0 fully saturated rings. The van der Waals surface area contributed by atoms with Crippen LogP contribution in [-0.4, -0.2) is 16.6 Å². The lowest BCUT2D eigenvalue weighted by Gasteiger charge is -2.06. The lowest BCUT2D eigenvalue weighted by atomic mass is 10.3. The average molecular weight is 297 g/mol. The minimum Gasteiger partial charge on any atom is -0.384 e. The molecule has 7 heteroatoms. The zero-order valence-corrected chi connectivity index (χ0v) is 11.6. The second-order valence-electron chi connectivity index (χ2n) is 3.86. The van der Waals surface area contributed by atoms with E-state index in [1.54, 1.807) is 0 Å². The SMILES string of the molecule is CCOCc1nc(N)cc(Sc2cc(F)ccc2F)n1. The van der Waals surface area contributed by atoms with Gasteiger partial charge in [0.2, 0.25) is 0 Å². The molecular weight excluding hydrogens is 284 g/mol. The summed E-state index contributed by atoms with van der Waals surface area (Å²) in [6, 6.07) is 4.75. The molecule has 0 radical (unpaired) electrons. The first-order chi connectivity index (χ1) is 9.58. The van der Waals surface area contributed by atoms with Crippen LogP contribution in [0.1, 0.15) is 12.7 Å². The highest BCUT2D eigenvalue weighted by Gasteiger charge is 2.09. The minimum absolute atomic E-state index is 0.144. The van der Waals surface area contributed by atoms with Gasteiger partial charge in [-0.05, 0) is 25.1 Å². The Morgan fingerprint density at radius 3 is 2.80 bits per heavy atom. The van der Waals surface area contributed by atoms with Crippen LogP contribution in [0.2, 0.25) is 0 Å². The van der Waals surface area contributed by atoms with Gasteiger partial charge in [0.25, 0.3) is 0 Å². The molecule has 1 aromatic carbocycles. The van der Waals surface area contributed by atoms with Crippen LogP contribution in [-0.2, 0) is 11.3 Å². The molecule has 0 bridgehead atoms. The number of nitrogens with two attached hydrogens (primary N) is 1. The summed E-state index contributed by atoms with van der Waals surface area (Å²) in [7, 11) is 0. The molecular formula is C13H13F2N3OS. The highest BCUT2D eigenvalue weighted by Crippen LogP contribution is 2.29. The van der Waals surface area contributed by atoms with Crippen LogP contribution in [0.25, 0.3) is 0 Å². The van der Waals surface area contributed by atoms with Crippen molar-refractivity contribution in [3.05, 3.63) is 41.7 Å². The number of rotatable bonds is 5. The number of benzene rings is 1. The number of aromatic nitrogens is 2. The number of ether oxygens (including phenoxy) is 1. The molecule has 0 saturated heterocycles. The van der Waals surface area contributed by atoms with Gasteiger partial charge in [-0.3, -0.25) is 0 Å². The summed E-state index contributed by atoms with van der Waals surface area (Å²) in [6.07, 6.45) is 0. The van der Waals surface area contributed by atoms with E-state index in [0.29, 0.717) is 17.5 Å². The molecule has 20 heavy (non-hydrogen) atoms. The first-order valence-corrected chi connectivity index (χ1v) is 6.74. The standard InChI is InChI=1S/C13H13F2N3OS/c1-2-19-7-12-17-11(16)6-13(18-12)20-10-5-8(14)3-4-9(10)15/h3-6H,2,7H2,1H3,(H2,16,17,18). The van der Waals surface area contributed by atoms with E-state index in [9.17, 15) is 8.78 Å². The van der Waals surface area contributed by atoms with E-state index in [1.165, 1.54) is 6.07 Å². The fourth-order valence-electron chi connectivity index (χ4n) is 1.47. The molecule has 0 saturated carbocycles. The van der Waals surface area contributed by atoms with Crippen molar-refractivity contribution >= 4 is 17.6 Å². The van der Waals surface area contributed by atoms with Gasteiger partial charge >= 0.3 is 0 Å². The lowest BCUT2D eigenvalue weighted by Crippen LogP contribution is -2.03. The Morgan fingerprint density at radius 1 is 1.25 bits per heavy atom. The Bertz CT molecular complexity index is 610. The summed E-state index contributed by atoms with van der Waals surface area (Å²) in [5, 5.41) is 0.441. The summed E-state index contributed by atoms with van der Waals surface area (Å²) in [4.78, 5) is 8.35. The predicted octanol–water partition coefficient (Wildman–Crippen LogP) is 3.02. The Morgan fingerprint density at radius 2 is 2.05 bits per heavy atom. The maximum absolute atomic E-state index is 13.6. The van der Waals surface area contributed by atoms with E-state index < -0.39 is 11.6 Å². The van der Waals surface area contributed by atoms with Crippen LogP contribution in [0.15, 0.2) is 34.2 Å². The maximum atomic E-state index is 13.6. The van der Waals surface area contributed by atoms with Gasteiger partial charge in [0.05, 0.1) is 4.90 Å². The van der Waals surface area contributed by atoms with Crippen molar-refractivity contribution in [2.24, 2.45) is 0 Å². The molecule has 0 amide bonds. The van der Waals surface area contributed by atoms with E-state index in [2.05, 4.69) is 9.97 Å². The van der Waals surface area contributed by atoms with Crippen molar-refractivity contribution in [1.82, 2.24) is 9.97 Å². The fourth-order valence-corrected chi connectivity index (χ4v) is 2.36. The van der Waals surface area contributed by atoms with Gasteiger partial charge in [-0.2, -0.15) is 0 Å². The number of hydrogen-bond acceptors (Lipinski definition) is 5. The quantitative estimate of drug-likeness (QED) is 0.860. The molecule has 106 valence electrons. The molecule has 0 atom stereocenters. The maximum Gasteiger partial charge on any atom is 0.157 e. The molecule has 2 aromatic rings. The first kappa shape index (κ1) is 14.7. The molecule has 0 unspecified atom stereocenters. The largest absolute Gasteiger partial charge is 0.384 e. The molecule has 0 aliphatic carbocycles. The molecule has 1 aromatic heterocycles. The molecule has 2 N–H and O–H groups in total. The summed E-state index contributed by atoms with van der Waals surface area (Å²) in [5.74, 6) is -0.356. The molecule has 0 aliphatic rings. The van der Waals surface area contributed by atoms with Crippen LogP contribution < -0.4 is 5.73 Å². The molecule has 0 spiro atoms. The number of halogens is 2. The van der Waals surface area contributed by atoms with E-state index in [1.807, 2.05) is 6.92 Å². The monoisotopic (exact) mass is 297 g/mol. The normalized spacial score (nSPS) is 10.8. The van der Waals surface area contributed by atoms with Crippen molar-refractivity contribution in [3.8, 4) is 0 Å². The van der Waals surface area contributed by atoms with Crippen molar-refractivity contribution in [2.45, 2.75) is 23.5 Å². The summed E-state index contributed by atoms with van der Waals surface area (Å²) in [5.41, 5.74) is 5.66. The third kappa shape index (κ3) is 3.88. The molecule has 2 rings (SSSR count). The van der Waals surface area contributed by atoms with Gasteiger partial charge in [0.1, 0.15) is 29.1 Å². The van der Waals surface area contributed by atoms with Crippen LogP contribution in [0.3, 0.4) is 0 Å². The summed E-state index contributed by atoms with van der Waals surface area (Å²) < 4.78 is 31.9. The van der Waals surface area contributed by atoms with E-state index in [4.69, 9.17) is 10.5 Å². The Labute approximate surface area is 119 Å². The second kappa shape index (κ2) is 6.62. The van der Waals surface area contributed by atoms with Gasteiger partial charge in [0.15, 0.2) is 5.82 Å². The number of anilines is 1. The highest BCUT2D eigenvalue weighted by molar-refractivity contribution is 7.99. The Balaban J connectivity index is 2.24. The predicted molar refractivity (Wildman–Crippen MR) is 72.3 cm³/mol. The topological polar surface area (TPSA) is 61.0 Å².